The monoisotopic (exact) mass is 371 g/mol. The van der Waals surface area contributed by atoms with Crippen molar-refractivity contribution in [3.05, 3.63) is 42.2 Å². The Morgan fingerprint density at radius 2 is 2.04 bits per heavy atom. The maximum atomic E-state index is 11.9. The standard InChI is InChI=1S/C19H25N5O3/c1-15-4-2-3-5-16(15)27-13-19(25)21-7-6-20-17-12-18(23-14-22-17)24-8-10-26-11-9-24/h2-5,12,14H,6-11,13H2,1H3,(H,21,25)(H,20,22,23). The molecule has 0 atom stereocenters. The van der Waals surface area contributed by atoms with Crippen LogP contribution in [0.1, 0.15) is 5.56 Å². The molecular weight excluding hydrogens is 346 g/mol. The van der Waals surface area contributed by atoms with Crippen LogP contribution in [-0.2, 0) is 9.53 Å². The van der Waals surface area contributed by atoms with Crippen LogP contribution in [0.15, 0.2) is 36.7 Å². The largest absolute Gasteiger partial charge is 0.484 e. The van der Waals surface area contributed by atoms with Crippen molar-refractivity contribution >= 4 is 17.5 Å². The highest BCUT2D eigenvalue weighted by Crippen LogP contribution is 2.16. The van der Waals surface area contributed by atoms with Crippen LogP contribution >= 0.6 is 0 Å². The minimum absolute atomic E-state index is 0.000457. The molecule has 8 heteroatoms. The molecule has 0 unspecified atom stereocenters. The van der Waals surface area contributed by atoms with E-state index in [2.05, 4.69) is 25.5 Å². The fourth-order valence-corrected chi connectivity index (χ4v) is 2.71. The summed E-state index contributed by atoms with van der Waals surface area (Å²) < 4.78 is 10.9. The number of anilines is 2. The number of nitrogens with one attached hydrogen (secondary N) is 2. The number of para-hydroxylation sites is 1. The number of hydrogen-bond acceptors (Lipinski definition) is 7. The van der Waals surface area contributed by atoms with Gasteiger partial charge in [-0.2, -0.15) is 0 Å². The van der Waals surface area contributed by atoms with Gasteiger partial charge in [-0.15, -0.1) is 0 Å². The van der Waals surface area contributed by atoms with Crippen LogP contribution in [0.3, 0.4) is 0 Å². The fourth-order valence-electron chi connectivity index (χ4n) is 2.71. The van der Waals surface area contributed by atoms with Gasteiger partial charge in [0.1, 0.15) is 23.7 Å². The fraction of sp³-hybridized carbons (Fsp3) is 0.421. The number of ether oxygens (including phenoxy) is 2. The Labute approximate surface area is 158 Å². The molecule has 1 aromatic heterocycles. The Morgan fingerprint density at radius 3 is 2.85 bits per heavy atom. The second-order valence-electron chi connectivity index (χ2n) is 6.19. The van der Waals surface area contributed by atoms with Gasteiger partial charge in [-0.3, -0.25) is 4.79 Å². The number of aromatic nitrogens is 2. The lowest BCUT2D eigenvalue weighted by Crippen LogP contribution is -2.36. The zero-order valence-corrected chi connectivity index (χ0v) is 15.5. The molecule has 0 bridgehead atoms. The Balaban J connectivity index is 1.37. The molecule has 144 valence electrons. The van der Waals surface area contributed by atoms with Gasteiger partial charge in [-0.1, -0.05) is 18.2 Å². The average Bonchev–Trinajstić information content (AvgIpc) is 2.71. The van der Waals surface area contributed by atoms with Crippen molar-refractivity contribution in [2.45, 2.75) is 6.92 Å². The zero-order chi connectivity index (χ0) is 18.9. The number of nitrogens with zero attached hydrogens (tertiary/aromatic N) is 3. The Hall–Kier alpha value is -2.87. The van der Waals surface area contributed by atoms with E-state index in [9.17, 15) is 4.79 Å². The van der Waals surface area contributed by atoms with Crippen LogP contribution in [0.5, 0.6) is 5.75 Å². The Bertz CT molecular complexity index is 750. The van der Waals surface area contributed by atoms with Gasteiger partial charge in [0.05, 0.1) is 13.2 Å². The number of benzene rings is 1. The second-order valence-corrected chi connectivity index (χ2v) is 6.19. The van der Waals surface area contributed by atoms with Gasteiger partial charge in [-0.25, -0.2) is 9.97 Å². The number of carbonyl (C=O) groups excluding carboxylic acids is 1. The summed E-state index contributed by atoms with van der Waals surface area (Å²) in [7, 11) is 0. The number of carbonyl (C=O) groups is 1. The number of amides is 1. The maximum absolute atomic E-state index is 11.9. The second kappa shape index (κ2) is 9.72. The van der Waals surface area contributed by atoms with Crippen LogP contribution in [0.4, 0.5) is 11.6 Å². The lowest BCUT2D eigenvalue weighted by atomic mass is 10.2. The minimum Gasteiger partial charge on any atom is -0.484 e. The van der Waals surface area contributed by atoms with Gasteiger partial charge in [0.15, 0.2) is 6.61 Å². The molecule has 1 aliphatic rings. The van der Waals surface area contributed by atoms with E-state index >= 15 is 0 Å². The van der Waals surface area contributed by atoms with Gasteiger partial charge in [-0.05, 0) is 18.6 Å². The van der Waals surface area contributed by atoms with Crippen molar-refractivity contribution in [3.8, 4) is 5.75 Å². The number of morpholine rings is 1. The molecule has 3 rings (SSSR count). The highest BCUT2D eigenvalue weighted by molar-refractivity contribution is 5.77. The van der Waals surface area contributed by atoms with Crippen LogP contribution in [0.25, 0.3) is 0 Å². The normalized spacial score (nSPS) is 13.9. The minimum atomic E-state index is -0.156. The third-order valence-corrected chi connectivity index (χ3v) is 4.19. The van der Waals surface area contributed by atoms with Gasteiger partial charge in [0, 0.05) is 32.2 Å². The van der Waals surface area contributed by atoms with Gasteiger partial charge in [0.25, 0.3) is 5.91 Å². The van der Waals surface area contributed by atoms with Crippen LogP contribution < -0.4 is 20.3 Å². The summed E-state index contributed by atoms with van der Waals surface area (Å²) >= 11 is 0. The summed E-state index contributed by atoms with van der Waals surface area (Å²) in [4.78, 5) is 22.6. The molecule has 2 aromatic rings. The van der Waals surface area contributed by atoms with Crippen LogP contribution in [0, 0.1) is 6.92 Å². The van der Waals surface area contributed by atoms with E-state index in [4.69, 9.17) is 9.47 Å². The average molecular weight is 371 g/mol. The third-order valence-electron chi connectivity index (χ3n) is 4.19. The quantitative estimate of drug-likeness (QED) is 0.675. The zero-order valence-electron chi connectivity index (χ0n) is 15.5. The summed E-state index contributed by atoms with van der Waals surface area (Å²) in [6.07, 6.45) is 1.54. The van der Waals surface area contributed by atoms with Crippen LogP contribution in [0.2, 0.25) is 0 Å². The summed E-state index contributed by atoms with van der Waals surface area (Å²) in [5.74, 6) is 2.18. The van der Waals surface area contributed by atoms with Gasteiger partial charge < -0.3 is 25.0 Å². The molecule has 2 heterocycles. The van der Waals surface area contributed by atoms with E-state index in [0.29, 0.717) is 26.3 Å². The maximum Gasteiger partial charge on any atom is 0.258 e. The van der Waals surface area contributed by atoms with Crippen molar-refractivity contribution in [3.63, 3.8) is 0 Å². The van der Waals surface area contributed by atoms with Crippen LogP contribution in [-0.4, -0.2) is 61.9 Å². The molecule has 0 spiro atoms. The Morgan fingerprint density at radius 1 is 1.22 bits per heavy atom. The third kappa shape index (κ3) is 5.82. The first-order chi connectivity index (χ1) is 13.2. The van der Waals surface area contributed by atoms with Gasteiger partial charge in [0.2, 0.25) is 0 Å². The van der Waals surface area contributed by atoms with E-state index in [-0.39, 0.29) is 12.5 Å². The lowest BCUT2D eigenvalue weighted by Gasteiger charge is -2.27. The van der Waals surface area contributed by atoms with E-state index in [0.717, 1.165) is 36.0 Å². The molecule has 8 nitrogen and oxygen atoms in total. The molecule has 0 aliphatic carbocycles. The topological polar surface area (TPSA) is 88.6 Å². The summed E-state index contributed by atoms with van der Waals surface area (Å²) in [6.45, 7) is 6.07. The van der Waals surface area contributed by atoms with Crippen molar-refractivity contribution < 1.29 is 14.3 Å². The van der Waals surface area contributed by atoms with E-state index in [1.165, 1.54) is 0 Å². The smallest absolute Gasteiger partial charge is 0.258 e. The first-order valence-electron chi connectivity index (χ1n) is 9.06. The van der Waals surface area contributed by atoms with E-state index in [1.54, 1.807) is 6.33 Å². The molecule has 1 amide bonds. The molecule has 2 N–H and O–H groups in total. The highest BCUT2D eigenvalue weighted by atomic mass is 16.5. The first-order valence-corrected chi connectivity index (χ1v) is 9.06. The van der Waals surface area contributed by atoms with Gasteiger partial charge >= 0.3 is 0 Å². The molecule has 1 aromatic carbocycles. The van der Waals surface area contributed by atoms with E-state index in [1.807, 2.05) is 37.3 Å². The van der Waals surface area contributed by atoms with Crippen molar-refractivity contribution in [1.82, 2.24) is 15.3 Å². The molecule has 1 aliphatic heterocycles. The van der Waals surface area contributed by atoms with Crippen molar-refractivity contribution in [1.29, 1.82) is 0 Å². The Kier molecular flexibility index (Phi) is 6.81. The number of hydrogen-bond donors (Lipinski definition) is 2. The molecule has 0 radical (unpaired) electrons. The van der Waals surface area contributed by atoms with E-state index < -0.39 is 0 Å². The SMILES string of the molecule is Cc1ccccc1OCC(=O)NCCNc1cc(N2CCOCC2)ncn1. The number of rotatable bonds is 8. The predicted molar refractivity (Wildman–Crippen MR) is 103 cm³/mol. The summed E-state index contributed by atoms with van der Waals surface area (Å²) in [5.41, 5.74) is 1.01. The molecule has 1 fully saturated rings. The first kappa shape index (κ1) is 18.9. The lowest BCUT2D eigenvalue weighted by molar-refractivity contribution is -0.123. The molecular formula is C19H25N5O3. The highest BCUT2D eigenvalue weighted by Gasteiger charge is 2.13. The molecule has 1 saturated heterocycles. The van der Waals surface area contributed by atoms with Crippen molar-refractivity contribution in [2.75, 3.05) is 56.2 Å². The molecule has 27 heavy (non-hydrogen) atoms. The summed E-state index contributed by atoms with van der Waals surface area (Å²) in [6, 6.07) is 9.53. The number of aryl methyl sites for hydroxylation is 1. The summed E-state index contributed by atoms with van der Waals surface area (Å²) in [5, 5.41) is 6.02. The molecule has 0 saturated carbocycles. The van der Waals surface area contributed by atoms with Crippen molar-refractivity contribution in [2.24, 2.45) is 0 Å². The predicted octanol–water partition coefficient (Wildman–Crippen LogP) is 1.23.